The minimum Gasteiger partial charge on any atom is -0.480 e. The number of hydrogen-bond acceptors (Lipinski definition) is 6. The number of rotatable bonds is 26. The second-order valence-corrected chi connectivity index (χ2v) is 13.6. The van der Waals surface area contributed by atoms with Crippen LogP contribution in [0.25, 0.3) is 0 Å². The molecule has 0 bridgehead atoms. The molecule has 4 amide bonds. The highest BCUT2D eigenvalue weighted by atomic mass is 16.4. The average molecular weight is 701 g/mol. The lowest BCUT2D eigenvalue weighted by atomic mass is 10.0. The van der Waals surface area contributed by atoms with Crippen molar-refractivity contribution < 1.29 is 39.0 Å². The van der Waals surface area contributed by atoms with Crippen molar-refractivity contribution in [3.8, 4) is 0 Å². The lowest BCUT2D eigenvalue weighted by molar-refractivity contribution is -0.145. The maximum absolute atomic E-state index is 13.2. The molecule has 1 aliphatic heterocycles. The zero-order valence-corrected chi connectivity index (χ0v) is 30.1. The van der Waals surface area contributed by atoms with Crippen LogP contribution in [0, 0.1) is 0 Å². The third-order valence-corrected chi connectivity index (χ3v) is 9.28. The summed E-state index contributed by atoms with van der Waals surface area (Å²) in [6.45, 7) is 3.99. The first kappa shape index (κ1) is 42.2. The van der Waals surface area contributed by atoms with Gasteiger partial charge in [-0.1, -0.05) is 114 Å². The number of unbranched alkanes of at least 4 members (excludes halogenated alkanes) is 12. The van der Waals surface area contributed by atoms with Crippen molar-refractivity contribution in [1.29, 1.82) is 0 Å². The SMILES string of the molecule is CCCCCCCCCCCCCCCC(=O)N[C@@H](CCC(=O)N[C@@H](C)C(=O)N1CCC[C@H]1C(=O)N[C@@H](Cc1ccccc1)C(=O)O)C(=O)O. The van der Waals surface area contributed by atoms with Crippen LogP contribution in [-0.4, -0.2) is 81.4 Å². The first-order valence-electron chi connectivity index (χ1n) is 18.7. The summed E-state index contributed by atoms with van der Waals surface area (Å²) in [5, 5.41) is 26.9. The van der Waals surface area contributed by atoms with Crippen molar-refractivity contribution in [2.24, 2.45) is 0 Å². The first-order valence-corrected chi connectivity index (χ1v) is 18.7. The summed E-state index contributed by atoms with van der Waals surface area (Å²) >= 11 is 0. The summed E-state index contributed by atoms with van der Waals surface area (Å²) < 4.78 is 0. The molecule has 4 atom stereocenters. The van der Waals surface area contributed by atoms with Crippen LogP contribution in [0.15, 0.2) is 30.3 Å². The molecule has 1 aromatic carbocycles. The molecule has 12 heteroatoms. The second kappa shape index (κ2) is 24.2. The van der Waals surface area contributed by atoms with Gasteiger partial charge in [0.25, 0.3) is 0 Å². The smallest absolute Gasteiger partial charge is 0.326 e. The minimum atomic E-state index is -1.24. The number of nitrogens with zero attached hydrogens (tertiary/aromatic N) is 1. The van der Waals surface area contributed by atoms with Crippen LogP contribution in [0.5, 0.6) is 0 Å². The number of aliphatic carboxylic acids is 2. The highest BCUT2D eigenvalue weighted by molar-refractivity contribution is 5.94. The molecule has 0 aromatic heterocycles. The molecule has 0 unspecified atom stereocenters. The van der Waals surface area contributed by atoms with Gasteiger partial charge in [-0.25, -0.2) is 9.59 Å². The van der Waals surface area contributed by atoms with E-state index >= 15 is 0 Å². The maximum Gasteiger partial charge on any atom is 0.326 e. The van der Waals surface area contributed by atoms with Gasteiger partial charge in [0.1, 0.15) is 24.2 Å². The largest absolute Gasteiger partial charge is 0.480 e. The normalized spacial score (nSPS) is 15.9. The van der Waals surface area contributed by atoms with E-state index in [1.54, 1.807) is 24.3 Å². The highest BCUT2D eigenvalue weighted by Crippen LogP contribution is 2.19. The number of benzene rings is 1. The Morgan fingerprint density at radius 2 is 1.26 bits per heavy atom. The molecular weight excluding hydrogens is 640 g/mol. The Balaban J connectivity index is 1.69. The summed E-state index contributed by atoms with van der Waals surface area (Å²) in [7, 11) is 0. The van der Waals surface area contributed by atoms with Crippen LogP contribution >= 0.6 is 0 Å². The Bertz CT molecular complexity index is 1210. The Morgan fingerprint density at radius 3 is 1.82 bits per heavy atom. The average Bonchev–Trinajstić information content (AvgIpc) is 3.58. The van der Waals surface area contributed by atoms with Gasteiger partial charge < -0.3 is 31.1 Å². The van der Waals surface area contributed by atoms with E-state index in [0.717, 1.165) is 24.8 Å². The van der Waals surface area contributed by atoms with Crippen LogP contribution in [-0.2, 0) is 35.2 Å². The fourth-order valence-electron chi connectivity index (χ4n) is 6.35. The van der Waals surface area contributed by atoms with E-state index in [-0.39, 0.29) is 38.1 Å². The first-order chi connectivity index (χ1) is 24.0. The Hall–Kier alpha value is -3.96. The summed E-state index contributed by atoms with van der Waals surface area (Å²) in [4.78, 5) is 76.4. The maximum atomic E-state index is 13.2. The van der Waals surface area contributed by atoms with E-state index in [1.807, 2.05) is 6.07 Å². The second-order valence-electron chi connectivity index (χ2n) is 13.6. The lowest BCUT2D eigenvalue weighted by Crippen LogP contribution is -2.55. The molecule has 0 spiro atoms. The minimum absolute atomic E-state index is 0.0896. The van der Waals surface area contributed by atoms with Crippen LogP contribution in [0.4, 0.5) is 0 Å². The number of carboxylic acids is 2. The van der Waals surface area contributed by atoms with Crippen LogP contribution < -0.4 is 16.0 Å². The third kappa shape index (κ3) is 16.6. The Morgan fingerprint density at radius 1 is 0.720 bits per heavy atom. The van der Waals surface area contributed by atoms with Crippen LogP contribution in [0.3, 0.4) is 0 Å². The number of hydrogen-bond donors (Lipinski definition) is 5. The molecule has 1 aromatic rings. The number of likely N-dealkylation sites (tertiary alicyclic amines) is 1. The van der Waals surface area contributed by atoms with Gasteiger partial charge in [-0.3, -0.25) is 19.2 Å². The number of carboxylic acid groups (broad SMARTS) is 2. The predicted octanol–water partition coefficient (Wildman–Crippen LogP) is 5.13. The molecule has 1 heterocycles. The van der Waals surface area contributed by atoms with Crippen molar-refractivity contribution in [2.75, 3.05) is 6.54 Å². The molecule has 5 N–H and O–H groups in total. The van der Waals surface area contributed by atoms with Crippen molar-refractivity contribution in [3.05, 3.63) is 35.9 Å². The van der Waals surface area contributed by atoms with Crippen molar-refractivity contribution in [3.63, 3.8) is 0 Å². The molecular formula is C38H60N4O8. The van der Waals surface area contributed by atoms with Gasteiger partial charge in [-0.2, -0.15) is 0 Å². The molecule has 0 radical (unpaired) electrons. The van der Waals surface area contributed by atoms with Gasteiger partial charge in [0.15, 0.2) is 0 Å². The zero-order chi connectivity index (χ0) is 36.7. The molecule has 0 aliphatic carbocycles. The molecule has 1 saturated heterocycles. The van der Waals surface area contributed by atoms with Gasteiger partial charge in [-0.15, -0.1) is 0 Å². The fraction of sp³-hybridized carbons (Fsp3) is 0.684. The summed E-state index contributed by atoms with van der Waals surface area (Å²) in [6, 6.07) is 4.64. The van der Waals surface area contributed by atoms with E-state index in [0.29, 0.717) is 19.3 Å². The van der Waals surface area contributed by atoms with Gasteiger partial charge in [0.2, 0.25) is 23.6 Å². The fourth-order valence-corrected chi connectivity index (χ4v) is 6.35. The van der Waals surface area contributed by atoms with Gasteiger partial charge in [0.05, 0.1) is 0 Å². The number of nitrogens with one attached hydrogen (secondary N) is 3. The third-order valence-electron chi connectivity index (χ3n) is 9.28. The molecule has 1 fully saturated rings. The molecule has 0 saturated carbocycles. The summed E-state index contributed by atoms with van der Waals surface area (Å²) in [5.41, 5.74) is 0.746. The van der Waals surface area contributed by atoms with E-state index in [1.165, 1.54) is 69.6 Å². The number of carbonyl (C=O) groups excluding carboxylic acids is 4. The standard InChI is InChI=1S/C38H60N4O8/c1-3-4-5-6-7-8-9-10-11-12-13-14-18-23-33(43)40-30(37(47)48)24-25-34(44)39-28(2)36(46)42-26-19-22-32(42)35(45)41-31(38(49)50)27-29-20-16-15-17-21-29/h15-17,20-21,28,30-32H,3-14,18-19,22-27H2,1-2H3,(H,39,44)(H,40,43)(H,41,45)(H,47,48)(H,49,50)/t28-,30-,31-,32-/m0/s1. The van der Waals surface area contributed by atoms with Crippen molar-refractivity contribution in [2.45, 2.75) is 160 Å². The zero-order valence-electron chi connectivity index (χ0n) is 30.1. The highest BCUT2D eigenvalue weighted by Gasteiger charge is 2.37. The van der Waals surface area contributed by atoms with Gasteiger partial charge in [0, 0.05) is 25.8 Å². The summed E-state index contributed by atoms with van der Waals surface area (Å²) in [6.07, 6.45) is 16.3. The number of amides is 4. The van der Waals surface area contributed by atoms with E-state index in [2.05, 4.69) is 22.9 Å². The van der Waals surface area contributed by atoms with Gasteiger partial charge >= 0.3 is 11.9 Å². The van der Waals surface area contributed by atoms with Gasteiger partial charge in [-0.05, 0) is 38.2 Å². The van der Waals surface area contributed by atoms with E-state index in [4.69, 9.17) is 0 Å². The van der Waals surface area contributed by atoms with Crippen molar-refractivity contribution >= 4 is 35.6 Å². The Labute approximate surface area is 297 Å². The number of carbonyl (C=O) groups is 6. The lowest BCUT2D eigenvalue weighted by Gasteiger charge is -2.28. The monoisotopic (exact) mass is 700 g/mol. The topological polar surface area (TPSA) is 182 Å². The molecule has 280 valence electrons. The quantitative estimate of drug-likeness (QED) is 0.0825. The van der Waals surface area contributed by atoms with Crippen molar-refractivity contribution in [1.82, 2.24) is 20.9 Å². The van der Waals surface area contributed by atoms with E-state index in [9.17, 15) is 39.0 Å². The summed E-state index contributed by atoms with van der Waals surface area (Å²) in [5.74, 6) is -4.41. The van der Waals surface area contributed by atoms with Crippen LogP contribution in [0.1, 0.15) is 135 Å². The predicted molar refractivity (Wildman–Crippen MR) is 191 cm³/mol. The molecule has 12 nitrogen and oxygen atoms in total. The molecule has 1 aliphatic rings. The van der Waals surface area contributed by atoms with E-state index < -0.39 is 53.8 Å². The van der Waals surface area contributed by atoms with Crippen LogP contribution in [0.2, 0.25) is 0 Å². The molecule has 2 rings (SSSR count). The Kier molecular flexibility index (Phi) is 20.5. The molecule has 50 heavy (non-hydrogen) atoms.